The van der Waals surface area contributed by atoms with Gasteiger partial charge < -0.3 is 4.90 Å². The third-order valence-corrected chi connectivity index (χ3v) is 4.86. The van der Waals surface area contributed by atoms with Crippen molar-refractivity contribution in [2.24, 2.45) is 5.92 Å². The van der Waals surface area contributed by atoms with Crippen LogP contribution in [0.2, 0.25) is 0 Å². The van der Waals surface area contributed by atoms with E-state index in [9.17, 15) is 14.4 Å². The van der Waals surface area contributed by atoms with Gasteiger partial charge in [-0.3, -0.25) is 19.3 Å². The zero-order chi connectivity index (χ0) is 15.9. The molecule has 6 heteroatoms. The molecular weight excluding hydrogens is 348 g/mol. The van der Waals surface area contributed by atoms with E-state index in [1.165, 1.54) is 0 Å². The lowest BCUT2D eigenvalue weighted by Crippen LogP contribution is -2.45. The van der Waals surface area contributed by atoms with Gasteiger partial charge in [0.25, 0.3) is 11.8 Å². The summed E-state index contributed by atoms with van der Waals surface area (Å²) >= 11 is 3.29. The first-order valence-corrected chi connectivity index (χ1v) is 8.20. The van der Waals surface area contributed by atoms with Crippen molar-refractivity contribution >= 4 is 33.7 Å². The van der Waals surface area contributed by atoms with Crippen molar-refractivity contribution in [3.63, 3.8) is 0 Å². The fraction of sp³-hybridized carbons (Fsp3) is 0.438. The molecular formula is C16H17BrN2O3. The SMILES string of the molecule is CC1CCN(C(=O)CN2C(=O)c3ccc(Br)cc3C2=O)CC1. The minimum absolute atomic E-state index is 0.152. The van der Waals surface area contributed by atoms with Crippen molar-refractivity contribution in [3.8, 4) is 0 Å². The van der Waals surface area contributed by atoms with Crippen molar-refractivity contribution in [2.45, 2.75) is 19.8 Å². The van der Waals surface area contributed by atoms with Crippen LogP contribution >= 0.6 is 15.9 Å². The maximum absolute atomic E-state index is 12.3. The number of nitrogens with zero attached hydrogens (tertiary/aromatic N) is 2. The Labute approximate surface area is 137 Å². The number of imide groups is 1. The highest BCUT2D eigenvalue weighted by Gasteiger charge is 2.37. The highest BCUT2D eigenvalue weighted by molar-refractivity contribution is 9.10. The van der Waals surface area contributed by atoms with Gasteiger partial charge in [0.05, 0.1) is 11.1 Å². The molecule has 0 spiro atoms. The van der Waals surface area contributed by atoms with Crippen molar-refractivity contribution < 1.29 is 14.4 Å². The van der Waals surface area contributed by atoms with Crippen molar-refractivity contribution in [1.29, 1.82) is 0 Å². The van der Waals surface area contributed by atoms with Crippen LogP contribution in [0.15, 0.2) is 22.7 Å². The van der Waals surface area contributed by atoms with E-state index < -0.39 is 0 Å². The monoisotopic (exact) mass is 364 g/mol. The number of benzene rings is 1. The molecule has 0 aliphatic carbocycles. The van der Waals surface area contributed by atoms with Crippen LogP contribution < -0.4 is 0 Å². The number of halogens is 1. The lowest BCUT2D eigenvalue weighted by atomic mass is 9.99. The molecule has 1 aromatic rings. The minimum atomic E-state index is -0.389. The van der Waals surface area contributed by atoms with Crippen LogP contribution in [-0.2, 0) is 4.79 Å². The fourth-order valence-electron chi connectivity index (χ4n) is 2.90. The fourth-order valence-corrected chi connectivity index (χ4v) is 3.26. The Bertz CT molecular complexity index is 651. The van der Waals surface area contributed by atoms with E-state index in [0.717, 1.165) is 22.2 Å². The number of hydrogen-bond donors (Lipinski definition) is 0. The molecule has 0 unspecified atom stereocenters. The van der Waals surface area contributed by atoms with Gasteiger partial charge in [-0.2, -0.15) is 0 Å². The van der Waals surface area contributed by atoms with Crippen LogP contribution in [0.25, 0.3) is 0 Å². The van der Waals surface area contributed by atoms with Gasteiger partial charge in [0.15, 0.2) is 0 Å². The summed E-state index contributed by atoms with van der Waals surface area (Å²) in [6, 6.07) is 4.97. The van der Waals surface area contributed by atoms with Crippen LogP contribution in [0.1, 0.15) is 40.5 Å². The Morgan fingerprint density at radius 1 is 1.18 bits per heavy atom. The van der Waals surface area contributed by atoms with Crippen LogP contribution in [0.3, 0.4) is 0 Å². The highest BCUT2D eigenvalue weighted by Crippen LogP contribution is 2.26. The molecule has 116 valence electrons. The number of piperidine rings is 1. The molecule has 2 aliphatic rings. The summed E-state index contributed by atoms with van der Waals surface area (Å²) in [5.74, 6) is -0.299. The first-order chi connectivity index (χ1) is 10.5. The largest absolute Gasteiger partial charge is 0.341 e. The number of rotatable bonds is 2. The Hall–Kier alpha value is -1.69. The quantitative estimate of drug-likeness (QED) is 0.756. The summed E-state index contributed by atoms with van der Waals surface area (Å²) in [6.07, 6.45) is 1.95. The van der Waals surface area contributed by atoms with Gasteiger partial charge in [0, 0.05) is 17.6 Å². The van der Waals surface area contributed by atoms with Crippen molar-refractivity contribution in [3.05, 3.63) is 33.8 Å². The molecule has 1 aromatic carbocycles. The van der Waals surface area contributed by atoms with Crippen LogP contribution in [0.4, 0.5) is 0 Å². The maximum Gasteiger partial charge on any atom is 0.262 e. The zero-order valence-electron chi connectivity index (χ0n) is 12.3. The van der Waals surface area contributed by atoms with Gasteiger partial charge >= 0.3 is 0 Å². The second kappa shape index (κ2) is 5.83. The summed E-state index contributed by atoms with van der Waals surface area (Å²) in [4.78, 5) is 39.8. The number of likely N-dealkylation sites (tertiary alicyclic amines) is 1. The van der Waals surface area contributed by atoms with Gasteiger partial charge in [-0.1, -0.05) is 22.9 Å². The molecule has 0 saturated carbocycles. The molecule has 3 rings (SSSR count). The molecule has 1 saturated heterocycles. The van der Waals surface area contributed by atoms with E-state index in [-0.39, 0.29) is 24.3 Å². The molecule has 0 aromatic heterocycles. The minimum Gasteiger partial charge on any atom is -0.341 e. The van der Waals surface area contributed by atoms with Crippen LogP contribution in [0, 0.1) is 5.92 Å². The number of fused-ring (bicyclic) bond motifs is 1. The smallest absolute Gasteiger partial charge is 0.262 e. The first-order valence-electron chi connectivity index (χ1n) is 7.41. The van der Waals surface area contributed by atoms with Gasteiger partial charge in [-0.25, -0.2) is 0 Å². The zero-order valence-corrected chi connectivity index (χ0v) is 13.9. The lowest BCUT2D eigenvalue weighted by molar-refractivity contribution is -0.132. The van der Waals surface area contributed by atoms with E-state index in [1.807, 2.05) is 0 Å². The molecule has 0 atom stereocenters. The third kappa shape index (κ3) is 2.67. The molecule has 2 aliphatic heterocycles. The van der Waals surface area contributed by atoms with Crippen LogP contribution in [0.5, 0.6) is 0 Å². The van der Waals surface area contributed by atoms with Crippen LogP contribution in [-0.4, -0.2) is 47.2 Å². The van der Waals surface area contributed by atoms with Gasteiger partial charge in [-0.15, -0.1) is 0 Å². The normalized spacial score (nSPS) is 18.8. The Morgan fingerprint density at radius 3 is 2.50 bits per heavy atom. The average Bonchev–Trinajstić information content (AvgIpc) is 2.72. The summed E-state index contributed by atoms with van der Waals surface area (Å²) in [6.45, 7) is 3.41. The first kappa shape index (κ1) is 15.2. The Balaban J connectivity index is 1.73. The number of carbonyl (C=O) groups is 3. The number of carbonyl (C=O) groups excluding carboxylic acids is 3. The van der Waals surface area contributed by atoms with E-state index >= 15 is 0 Å². The standard InChI is InChI=1S/C16H17BrN2O3/c1-10-4-6-18(7-5-10)14(20)9-19-15(21)12-3-2-11(17)8-13(12)16(19)22/h2-3,8,10H,4-7,9H2,1H3. The van der Waals surface area contributed by atoms with Crippen molar-refractivity contribution in [2.75, 3.05) is 19.6 Å². The average molecular weight is 365 g/mol. The lowest BCUT2D eigenvalue weighted by Gasteiger charge is -2.31. The summed E-state index contributed by atoms with van der Waals surface area (Å²) in [5, 5.41) is 0. The molecule has 22 heavy (non-hydrogen) atoms. The molecule has 0 radical (unpaired) electrons. The predicted octanol–water partition coefficient (Wildman–Crippen LogP) is 2.30. The predicted molar refractivity (Wildman–Crippen MR) is 84.5 cm³/mol. The Morgan fingerprint density at radius 2 is 1.82 bits per heavy atom. The van der Waals surface area contributed by atoms with E-state index in [4.69, 9.17) is 0 Å². The number of amides is 3. The maximum atomic E-state index is 12.3. The summed E-state index contributed by atoms with van der Waals surface area (Å²) in [5.41, 5.74) is 0.729. The molecule has 3 amide bonds. The number of hydrogen-bond acceptors (Lipinski definition) is 3. The third-order valence-electron chi connectivity index (χ3n) is 4.36. The van der Waals surface area contributed by atoms with E-state index in [0.29, 0.717) is 30.1 Å². The molecule has 1 fully saturated rings. The molecule has 5 nitrogen and oxygen atoms in total. The summed E-state index contributed by atoms with van der Waals surface area (Å²) in [7, 11) is 0. The van der Waals surface area contributed by atoms with E-state index in [1.54, 1.807) is 23.1 Å². The van der Waals surface area contributed by atoms with Gasteiger partial charge in [0.2, 0.25) is 5.91 Å². The molecule has 2 heterocycles. The molecule has 0 N–H and O–H groups in total. The van der Waals surface area contributed by atoms with Crippen molar-refractivity contribution in [1.82, 2.24) is 9.80 Å². The second-order valence-corrected chi connectivity index (χ2v) is 6.87. The molecule has 0 bridgehead atoms. The van der Waals surface area contributed by atoms with E-state index in [2.05, 4.69) is 22.9 Å². The second-order valence-electron chi connectivity index (χ2n) is 5.95. The van der Waals surface area contributed by atoms with Gasteiger partial charge in [-0.05, 0) is 37.0 Å². The highest BCUT2D eigenvalue weighted by atomic mass is 79.9. The van der Waals surface area contributed by atoms with Gasteiger partial charge in [0.1, 0.15) is 6.54 Å². The topological polar surface area (TPSA) is 57.7 Å². The summed E-state index contributed by atoms with van der Waals surface area (Å²) < 4.78 is 0.741. The Kier molecular flexibility index (Phi) is 4.04.